The molecule has 2 aromatic carbocycles. The molecule has 0 aliphatic carbocycles. The molecule has 0 spiro atoms. The van der Waals surface area contributed by atoms with Gasteiger partial charge in [-0.1, -0.05) is 42.5 Å². The Morgan fingerprint density at radius 3 is 2.32 bits per heavy atom. The van der Waals surface area contributed by atoms with E-state index in [1.807, 2.05) is 30.3 Å². The first-order valence-corrected chi connectivity index (χ1v) is 6.34. The van der Waals surface area contributed by atoms with Crippen molar-refractivity contribution >= 4 is 5.91 Å². The van der Waals surface area contributed by atoms with Crippen molar-refractivity contribution in [3.8, 4) is 0 Å². The molecule has 1 heterocycles. The zero-order valence-corrected chi connectivity index (χ0v) is 10.3. The molecule has 1 saturated heterocycles. The number of halogens is 1. The molecule has 0 bridgehead atoms. The molecule has 3 rings (SSSR count). The van der Waals surface area contributed by atoms with Crippen LogP contribution >= 0.6 is 0 Å². The number of benzene rings is 2. The second-order valence-electron chi connectivity index (χ2n) is 4.79. The van der Waals surface area contributed by atoms with Crippen LogP contribution in [0.1, 0.15) is 23.0 Å². The van der Waals surface area contributed by atoms with Gasteiger partial charge in [-0.25, -0.2) is 4.39 Å². The average Bonchev–Trinajstić information content (AvgIpc) is 2.82. The second-order valence-corrected chi connectivity index (χ2v) is 4.79. The van der Waals surface area contributed by atoms with Crippen LogP contribution < -0.4 is 5.32 Å². The molecule has 1 aliphatic rings. The van der Waals surface area contributed by atoms with Crippen LogP contribution in [0, 0.1) is 5.82 Å². The highest BCUT2D eigenvalue weighted by Crippen LogP contribution is 2.36. The fourth-order valence-corrected chi connectivity index (χ4v) is 2.69. The number of nitrogens with one attached hydrogen (secondary N) is 1. The van der Waals surface area contributed by atoms with Gasteiger partial charge in [-0.15, -0.1) is 0 Å². The Balaban J connectivity index is 1.97. The van der Waals surface area contributed by atoms with Crippen LogP contribution in [0.25, 0.3) is 0 Å². The van der Waals surface area contributed by atoms with Gasteiger partial charge in [0, 0.05) is 12.5 Å². The van der Waals surface area contributed by atoms with Crippen LogP contribution in [0.5, 0.6) is 0 Å². The Morgan fingerprint density at radius 1 is 0.947 bits per heavy atom. The lowest BCUT2D eigenvalue weighted by Gasteiger charge is -2.17. The van der Waals surface area contributed by atoms with Crippen molar-refractivity contribution in [2.75, 3.05) is 6.54 Å². The third kappa shape index (κ3) is 2.24. The van der Waals surface area contributed by atoms with Crippen LogP contribution in [0.2, 0.25) is 0 Å². The maximum atomic E-state index is 13.0. The SMILES string of the molecule is O=C1NCC(c2ccc(F)cc2)C1c1ccccc1. The average molecular weight is 255 g/mol. The topological polar surface area (TPSA) is 29.1 Å². The highest BCUT2D eigenvalue weighted by molar-refractivity contribution is 5.87. The van der Waals surface area contributed by atoms with E-state index in [9.17, 15) is 9.18 Å². The standard InChI is InChI=1S/C16H14FNO/c17-13-8-6-11(7-9-13)14-10-18-16(19)15(14)12-4-2-1-3-5-12/h1-9,14-15H,10H2,(H,18,19). The lowest BCUT2D eigenvalue weighted by atomic mass is 9.84. The summed E-state index contributed by atoms with van der Waals surface area (Å²) in [5, 5.41) is 2.90. The number of carbonyl (C=O) groups excluding carboxylic acids is 1. The summed E-state index contributed by atoms with van der Waals surface area (Å²) >= 11 is 0. The minimum absolute atomic E-state index is 0.0422. The number of amides is 1. The highest BCUT2D eigenvalue weighted by Gasteiger charge is 2.36. The van der Waals surface area contributed by atoms with E-state index in [4.69, 9.17) is 0 Å². The zero-order valence-electron chi connectivity index (χ0n) is 10.3. The van der Waals surface area contributed by atoms with Crippen molar-refractivity contribution in [1.29, 1.82) is 0 Å². The number of hydrogen-bond donors (Lipinski definition) is 1. The van der Waals surface area contributed by atoms with E-state index in [1.54, 1.807) is 12.1 Å². The van der Waals surface area contributed by atoms with Gasteiger partial charge in [-0.05, 0) is 23.3 Å². The molecule has 2 atom stereocenters. The van der Waals surface area contributed by atoms with E-state index >= 15 is 0 Å². The van der Waals surface area contributed by atoms with Gasteiger partial charge in [0.05, 0.1) is 5.92 Å². The minimum Gasteiger partial charge on any atom is -0.355 e. The van der Waals surface area contributed by atoms with Gasteiger partial charge in [-0.2, -0.15) is 0 Å². The maximum Gasteiger partial charge on any atom is 0.228 e. The fraction of sp³-hybridized carbons (Fsp3) is 0.188. The largest absolute Gasteiger partial charge is 0.355 e. The molecular weight excluding hydrogens is 241 g/mol. The molecular formula is C16H14FNO. The van der Waals surface area contributed by atoms with Gasteiger partial charge in [0.1, 0.15) is 5.82 Å². The van der Waals surface area contributed by atoms with Gasteiger partial charge in [0.2, 0.25) is 5.91 Å². The fourth-order valence-electron chi connectivity index (χ4n) is 2.69. The number of carbonyl (C=O) groups is 1. The van der Waals surface area contributed by atoms with Crippen molar-refractivity contribution in [2.45, 2.75) is 11.8 Å². The third-order valence-electron chi connectivity index (χ3n) is 3.64. The van der Waals surface area contributed by atoms with Gasteiger partial charge in [-0.3, -0.25) is 4.79 Å². The first-order valence-electron chi connectivity index (χ1n) is 6.34. The Bertz CT molecular complexity index is 579. The van der Waals surface area contributed by atoms with Crippen molar-refractivity contribution in [2.24, 2.45) is 0 Å². The Kier molecular flexibility index (Phi) is 3.03. The van der Waals surface area contributed by atoms with Crippen LogP contribution in [0.3, 0.4) is 0 Å². The summed E-state index contributed by atoms with van der Waals surface area (Å²) < 4.78 is 13.0. The van der Waals surface area contributed by atoms with Gasteiger partial charge >= 0.3 is 0 Å². The minimum atomic E-state index is -0.253. The summed E-state index contributed by atoms with van der Waals surface area (Å²) in [4.78, 5) is 12.0. The summed E-state index contributed by atoms with van der Waals surface area (Å²) in [6.45, 7) is 0.601. The second kappa shape index (κ2) is 4.84. The predicted molar refractivity (Wildman–Crippen MR) is 71.3 cm³/mol. The van der Waals surface area contributed by atoms with E-state index in [0.717, 1.165) is 11.1 Å². The molecule has 3 heteroatoms. The number of hydrogen-bond acceptors (Lipinski definition) is 1. The molecule has 1 amide bonds. The van der Waals surface area contributed by atoms with Gasteiger partial charge < -0.3 is 5.32 Å². The molecule has 0 saturated carbocycles. The lowest BCUT2D eigenvalue weighted by Crippen LogP contribution is -2.18. The van der Waals surface area contributed by atoms with E-state index in [1.165, 1.54) is 12.1 Å². The monoisotopic (exact) mass is 255 g/mol. The molecule has 0 radical (unpaired) electrons. The molecule has 2 unspecified atom stereocenters. The first-order chi connectivity index (χ1) is 9.25. The molecule has 1 N–H and O–H groups in total. The summed E-state index contributed by atoms with van der Waals surface area (Å²) in [5.74, 6) is -0.333. The zero-order chi connectivity index (χ0) is 13.2. The third-order valence-corrected chi connectivity index (χ3v) is 3.64. The number of rotatable bonds is 2. The van der Waals surface area contributed by atoms with E-state index in [2.05, 4.69) is 5.32 Å². The smallest absolute Gasteiger partial charge is 0.228 e. The van der Waals surface area contributed by atoms with Crippen molar-refractivity contribution in [3.05, 3.63) is 71.5 Å². The van der Waals surface area contributed by atoms with Crippen molar-refractivity contribution in [1.82, 2.24) is 5.32 Å². The Morgan fingerprint density at radius 2 is 1.63 bits per heavy atom. The molecule has 19 heavy (non-hydrogen) atoms. The normalized spacial score (nSPS) is 22.3. The van der Waals surface area contributed by atoms with Gasteiger partial charge in [0.25, 0.3) is 0 Å². The van der Waals surface area contributed by atoms with E-state index < -0.39 is 0 Å². The summed E-state index contributed by atoms with van der Waals surface area (Å²) in [6, 6.07) is 16.1. The summed E-state index contributed by atoms with van der Waals surface area (Å²) in [6.07, 6.45) is 0. The molecule has 1 aliphatic heterocycles. The Labute approximate surface area is 111 Å². The van der Waals surface area contributed by atoms with Crippen LogP contribution in [-0.4, -0.2) is 12.5 Å². The molecule has 2 nitrogen and oxygen atoms in total. The van der Waals surface area contributed by atoms with E-state index in [0.29, 0.717) is 6.54 Å². The predicted octanol–water partition coefficient (Wildman–Crippen LogP) is 2.82. The molecule has 0 aromatic heterocycles. The molecule has 2 aromatic rings. The van der Waals surface area contributed by atoms with Crippen LogP contribution in [-0.2, 0) is 4.79 Å². The maximum absolute atomic E-state index is 13.0. The van der Waals surface area contributed by atoms with Crippen LogP contribution in [0.15, 0.2) is 54.6 Å². The quantitative estimate of drug-likeness (QED) is 0.878. The van der Waals surface area contributed by atoms with Gasteiger partial charge in [0.15, 0.2) is 0 Å². The van der Waals surface area contributed by atoms with Crippen LogP contribution in [0.4, 0.5) is 4.39 Å². The first kappa shape index (κ1) is 11.9. The Hall–Kier alpha value is -2.16. The molecule has 96 valence electrons. The summed E-state index contributed by atoms with van der Waals surface area (Å²) in [5.41, 5.74) is 2.00. The summed E-state index contributed by atoms with van der Waals surface area (Å²) in [7, 11) is 0. The van der Waals surface area contributed by atoms with Crippen molar-refractivity contribution in [3.63, 3.8) is 0 Å². The molecule has 1 fully saturated rings. The van der Waals surface area contributed by atoms with E-state index in [-0.39, 0.29) is 23.6 Å². The highest BCUT2D eigenvalue weighted by atomic mass is 19.1. The lowest BCUT2D eigenvalue weighted by molar-refractivity contribution is -0.120. The van der Waals surface area contributed by atoms with Crippen molar-refractivity contribution < 1.29 is 9.18 Å².